The number of fused-ring (bicyclic) bond motifs is 1. The highest BCUT2D eigenvalue weighted by atomic mass is 32.1. The van der Waals surface area contributed by atoms with E-state index >= 15 is 0 Å². The SMILES string of the molecule is CC(=O)NC[C@@](C)(O)c1cc2ccccc2s1. The van der Waals surface area contributed by atoms with Crippen LogP contribution < -0.4 is 5.32 Å². The van der Waals surface area contributed by atoms with Crippen LogP contribution in [0, 0.1) is 0 Å². The highest BCUT2D eigenvalue weighted by molar-refractivity contribution is 7.19. The molecule has 0 bridgehead atoms. The Morgan fingerprint density at radius 3 is 2.82 bits per heavy atom. The summed E-state index contributed by atoms with van der Waals surface area (Å²) in [5.74, 6) is -0.133. The lowest BCUT2D eigenvalue weighted by molar-refractivity contribution is -0.120. The topological polar surface area (TPSA) is 49.3 Å². The Morgan fingerprint density at radius 1 is 1.47 bits per heavy atom. The minimum absolute atomic E-state index is 0.133. The molecule has 90 valence electrons. The van der Waals surface area contributed by atoms with Crippen molar-refractivity contribution in [1.82, 2.24) is 5.32 Å². The van der Waals surface area contributed by atoms with Gasteiger partial charge in [0.1, 0.15) is 5.60 Å². The largest absolute Gasteiger partial charge is 0.383 e. The zero-order valence-electron chi connectivity index (χ0n) is 9.86. The number of hydrogen-bond acceptors (Lipinski definition) is 3. The lowest BCUT2D eigenvalue weighted by Crippen LogP contribution is -2.36. The van der Waals surface area contributed by atoms with Gasteiger partial charge in [0.2, 0.25) is 5.91 Å². The van der Waals surface area contributed by atoms with E-state index in [1.165, 1.54) is 6.92 Å². The van der Waals surface area contributed by atoms with Crippen molar-refractivity contribution in [1.29, 1.82) is 0 Å². The van der Waals surface area contributed by atoms with Gasteiger partial charge < -0.3 is 10.4 Å². The maximum atomic E-state index is 10.9. The minimum Gasteiger partial charge on any atom is -0.383 e. The zero-order valence-corrected chi connectivity index (χ0v) is 10.7. The number of carbonyl (C=O) groups is 1. The van der Waals surface area contributed by atoms with Crippen LogP contribution in [0.15, 0.2) is 30.3 Å². The highest BCUT2D eigenvalue weighted by Gasteiger charge is 2.25. The minimum atomic E-state index is -1.02. The summed E-state index contributed by atoms with van der Waals surface area (Å²) in [7, 11) is 0. The summed E-state index contributed by atoms with van der Waals surface area (Å²) in [6.45, 7) is 3.39. The monoisotopic (exact) mass is 249 g/mol. The molecule has 3 nitrogen and oxygen atoms in total. The van der Waals surface area contributed by atoms with E-state index in [9.17, 15) is 9.90 Å². The fourth-order valence-electron chi connectivity index (χ4n) is 1.63. The molecule has 1 atom stereocenters. The fraction of sp³-hybridized carbons (Fsp3) is 0.308. The Morgan fingerprint density at radius 2 is 2.18 bits per heavy atom. The van der Waals surface area contributed by atoms with Gasteiger partial charge in [-0.25, -0.2) is 0 Å². The van der Waals surface area contributed by atoms with E-state index in [-0.39, 0.29) is 12.5 Å². The number of nitrogens with one attached hydrogen (secondary N) is 1. The predicted molar refractivity (Wildman–Crippen MR) is 70.1 cm³/mol. The molecule has 1 aromatic carbocycles. The van der Waals surface area contributed by atoms with E-state index in [1.54, 1.807) is 18.3 Å². The van der Waals surface area contributed by atoms with Gasteiger partial charge in [-0.15, -0.1) is 11.3 Å². The summed E-state index contributed by atoms with van der Waals surface area (Å²) >= 11 is 1.55. The molecule has 0 fully saturated rings. The van der Waals surface area contributed by atoms with Crippen LogP contribution in [0.1, 0.15) is 18.7 Å². The van der Waals surface area contributed by atoms with Crippen LogP contribution in [0.2, 0.25) is 0 Å². The average molecular weight is 249 g/mol. The number of aliphatic hydroxyl groups is 1. The molecular formula is C13H15NO2S. The average Bonchev–Trinajstić information content (AvgIpc) is 2.71. The molecule has 0 aliphatic carbocycles. The Hall–Kier alpha value is -1.39. The first-order chi connectivity index (χ1) is 7.99. The Kier molecular flexibility index (Phi) is 3.17. The summed E-state index contributed by atoms with van der Waals surface area (Å²) in [5.41, 5.74) is -1.02. The Labute approximate surface area is 104 Å². The number of thiophene rings is 1. The molecule has 0 spiro atoms. The third-order valence-corrected chi connectivity index (χ3v) is 4.01. The van der Waals surface area contributed by atoms with Crippen LogP contribution >= 0.6 is 11.3 Å². The molecule has 0 radical (unpaired) electrons. The van der Waals surface area contributed by atoms with Crippen LogP contribution in [-0.2, 0) is 10.4 Å². The maximum Gasteiger partial charge on any atom is 0.216 e. The molecule has 0 saturated heterocycles. The molecule has 0 unspecified atom stereocenters. The standard InChI is InChI=1S/C13H15NO2S/c1-9(15)14-8-13(2,16)12-7-10-5-3-4-6-11(10)17-12/h3-7,16H,8H2,1-2H3,(H,14,15)/t13-/m1/s1. The van der Waals surface area contributed by atoms with Crippen LogP contribution in [-0.4, -0.2) is 17.6 Å². The van der Waals surface area contributed by atoms with Crippen LogP contribution in [0.5, 0.6) is 0 Å². The van der Waals surface area contributed by atoms with Crippen molar-refractivity contribution >= 4 is 27.3 Å². The second-order valence-corrected chi connectivity index (χ2v) is 5.42. The summed E-state index contributed by atoms with van der Waals surface area (Å²) in [6, 6.07) is 9.97. The molecule has 2 rings (SSSR count). The normalized spacial score (nSPS) is 14.5. The van der Waals surface area contributed by atoms with Gasteiger partial charge in [0.15, 0.2) is 0 Å². The molecule has 1 amide bonds. The van der Waals surface area contributed by atoms with Gasteiger partial charge in [0.25, 0.3) is 0 Å². The summed E-state index contributed by atoms with van der Waals surface area (Å²) in [6.07, 6.45) is 0. The second kappa shape index (κ2) is 4.47. The van der Waals surface area contributed by atoms with Gasteiger partial charge >= 0.3 is 0 Å². The van der Waals surface area contributed by atoms with Crippen molar-refractivity contribution in [3.63, 3.8) is 0 Å². The first-order valence-electron chi connectivity index (χ1n) is 5.45. The lowest BCUT2D eigenvalue weighted by Gasteiger charge is -2.21. The summed E-state index contributed by atoms with van der Waals surface area (Å²) in [5, 5.41) is 14.1. The molecule has 0 saturated carbocycles. The first kappa shape index (κ1) is 12.1. The van der Waals surface area contributed by atoms with Crippen molar-refractivity contribution in [2.24, 2.45) is 0 Å². The van der Waals surface area contributed by atoms with E-state index in [0.717, 1.165) is 15.0 Å². The smallest absolute Gasteiger partial charge is 0.216 e. The van der Waals surface area contributed by atoms with Crippen molar-refractivity contribution < 1.29 is 9.90 Å². The van der Waals surface area contributed by atoms with Crippen molar-refractivity contribution in [3.8, 4) is 0 Å². The Balaban J connectivity index is 2.28. The number of carbonyl (C=O) groups excluding carboxylic acids is 1. The third kappa shape index (κ3) is 2.65. The summed E-state index contributed by atoms with van der Waals surface area (Å²) < 4.78 is 1.14. The lowest BCUT2D eigenvalue weighted by atomic mass is 10.0. The first-order valence-corrected chi connectivity index (χ1v) is 6.26. The molecule has 4 heteroatoms. The van der Waals surface area contributed by atoms with Gasteiger partial charge in [-0.1, -0.05) is 18.2 Å². The number of benzene rings is 1. The van der Waals surface area contributed by atoms with Gasteiger partial charge in [0, 0.05) is 16.5 Å². The van der Waals surface area contributed by atoms with E-state index in [4.69, 9.17) is 0 Å². The van der Waals surface area contributed by atoms with Crippen molar-refractivity contribution in [3.05, 3.63) is 35.2 Å². The van der Waals surface area contributed by atoms with Gasteiger partial charge in [-0.2, -0.15) is 0 Å². The number of rotatable bonds is 3. The number of hydrogen-bond donors (Lipinski definition) is 2. The van der Waals surface area contributed by atoms with Crippen molar-refractivity contribution in [2.75, 3.05) is 6.54 Å². The molecule has 0 aliphatic rings. The maximum absolute atomic E-state index is 10.9. The fourth-order valence-corrected chi connectivity index (χ4v) is 2.74. The van der Waals surface area contributed by atoms with Crippen molar-refractivity contribution in [2.45, 2.75) is 19.4 Å². The van der Waals surface area contributed by atoms with Gasteiger partial charge in [-0.05, 0) is 24.4 Å². The van der Waals surface area contributed by atoms with E-state index < -0.39 is 5.60 Å². The van der Waals surface area contributed by atoms with Gasteiger partial charge in [-0.3, -0.25) is 4.79 Å². The van der Waals surface area contributed by atoms with E-state index in [0.29, 0.717) is 0 Å². The van der Waals surface area contributed by atoms with Crippen LogP contribution in [0.4, 0.5) is 0 Å². The zero-order chi connectivity index (χ0) is 12.5. The molecule has 2 aromatic rings. The second-order valence-electron chi connectivity index (χ2n) is 4.33. The highest BCUT2D eigenvalue weighted by Crippen LogP contribution is 2.32. The van der Waals surface area contributed by atoms with Gasteiger partial charge in [0.05, 0.1) is 6.54 Å². The Bertz CT molecular complexity index is 512. The molecule has 1 heterocycles. The molecule has 17 heavy (non-hydrogen) atoms. The predicted octanol–water partition coefficient (Wildman–Crippen LogP) is 2.24. The summed E-state index contributed by atoms with van der Waals surface area (Å²) in [4.78, 5) is 11.7. The molecule has 1 aromatic heterocycles. The molecular weight excluding hydrogens is 234 g/mol. The van der Waals surface area contributed by atoms with Crippen LogP contribution in [0.3, 0.4) is 0 Å². The van der Waals surface area contributed by atoms with E-state index in [2.05, 4.69) is 5.32 Å². The van der Waals surface area contributed by atoms with E-state index in [1.807, 2.05) is 30.3 Å². The molecule has 0 aliphatic heterocycles. The quantitative estimate of drug-likeness (QED) is 0.876. The third-order valence-electron chi connectivity index (χ3n) is 2.64. The molecule has 2 N–H and O–H groups in total. The van der Waals surface area contributed by atoms with Crippen LogP contribution in [0.25, 0.3) is 10.1 Å². The number of amides is 1.